The van der Waals surface area contributed by atoms with Crippen LogP contribution in [-0.4, -0.2) is 35.8 Å². The number of fused-ring (bicyclic) bond motifs is 1. The second-order valence-electron chi connectivity index (χ2n) is 5.80. The minimum absolute atomic E-state index is 0.0532. The van der Waals surface area contributed by atoms with Gasteiger partial charge in [-0.2, -0.15) is 16.7 Å². The molecule has 0 bridgehead atoms. The minimum atomic E-state index is -3.76. The van der Waals surface area contributed by atoms with Crippen LogP contribution in [0.4, 0.5) is 5.95 Å². The first kappa shape index (κ1) is 17.2. The van der Waals surface area contributed by atoms with Gasteiger partial charge in [0.05, 0.1) is 11.0 Å². The monoisotopic (exact) mass is 356 g/mol. The van der Waals surface area contributed by atoms with E-state index in [1.165, 1.54) is 14.1 Å². The van der Waals surface area contributed by atoms with Crippen molar-refractivity contribution in [1.29, 1.82) is 0 Å². The highest BCUT2D eigenvalue weighted by molar-refractivity contribution is 7.87. The molecule has 2 aromatic carbocycles. The fourth-order valence-corrected chi connectivity index (χ4v) is 3.76. The van der Waals surface area contributed by atoms with Crippen molar-refractivity contribution < 1.29 is 8.42 Å². The number of hydrogen-bond acceptors (Lipinski definition) is 4. The van der Waals surface area contributed by atoms with Crippen molar-refractivity contribution >= 4 is 32.8 Å². The number of anilines is 1. The molecule has 0 amide bonds. The van der Waals surface area contributed by atoms with Crippen molar-refractivity contribution in [3.8, 4) is 0 Å². The summed E-state index contributed by atoms with van der Waals surface area (Å²) in [6, 6.07) is 15.4. The van der Waals surface area contributed by atoms with E-state index in [4.69, 9.17) is 5.73 Å². The van der Waals surface area contributed by atoms with E-state index in [-0.39, 0.29) is 5.95 Å². The molecule has 0 fully saturated rings. The molecule has 2 N–H and O–H groups in total. The van der Waals surface area contributed by atoms with Crippen molar-refractivity contribution in [3.63, 3.8) is 0 Å². The van der Waals surface area contributed by atoms with Gasteiger partial charge in [0.25, 0.3) is 0 Å². The zero-order valence-corrected chi connectivity index (χ0v) is 15.2. The maximum absolute atomic E-state index is 12.6. The number of benzene rings is 2. The first-order valence-electron chi connectivity index (χ1n) is 7.79. The molecule has 0 unspecified atom stereocenters. The van der Waals surface area contributed by atoms with Crippen LogP contribution in [0, 0.1) is 0 Å². The van der Waals surface area contributed by atoms with E-state index in [1.807, 2.05) is 55.5 Å². The number of allylic oxidation sites excluding steroid dienone is 1. The van der Waals surface area contributed by atoms with Gasteiger partial charge < -0.3 is 5.73 Å². The number of nitrogen functional groups attached to an aromatic ring is 1. The van der Waals surface area contributed by atoms with E-state index >= 15 is 0 Å². The third kappa shape index (κ3) is 2.92. The average Bonchev–Trinajstić information content (AvgIpc) is 2.92. The summed E-state index contributed by atoms with van der Waals surface area (Å²) in [7, 11) is -0.833. The Morgan fingerprint density at radius 1 is 1.12 bits per heavy atom. The van der Waals surface area contributed by atoms with Crippen molar-refractivity contribution in [3.05, 3.63) is 65.7 Å². The van der Waals surface area contributed by atoms with Crippen molar-refractivity contribution in [2.75, 3.05) is 19.8 Å². The van der Waals surface area contributed by atoms with Crippen LogP contribution in [-0.2, 0) is 10.2 Å². The Morgan fingerprint density at radius 2 is 1.80 bits per heavy atom. The van der Waals surface area contributed by atoms with Crippen LogP contribution < -0.4 is 5.73 Å². The molecule has 7 heteroatoms. The molecule has 0 aliphatic rings. The molecule has 0 aliphatic carbocycles. The van der Waals surface area contributed by atoms with Crippen molar-refractivity contribution in [2.24, 2.45) is 0 Å². The SMILES string of the molecule is C/C=C(\c1ccccc1)c1ccc2nc(N)n(S(=O)(=O)N(C)C)c2c1. The van der Waals surface area contributed by atoms with Gasteiger partial charge >= 0.3 is 10.2 Å². The predicted octanol–water partition coefficient (Wildman–Crippen LogP) is 2.72. The summed E-state index contributed by atoms with van der Waals surface area (Å²) in [5, 5.41) is 0. The number of imidazole rings is 1. The Bertz CT molecular complexity index is 1050. The Labute approximate surface area is 147 Å². The van der Waals surface area contributed by atoms with Gasteiger partial charge in [-0.1, -0.05) is 42.5 Å². The molecule has 0 saturated heterocycles. The third-order valence-corrected chi connectivity index (χ3v) is 5.78. The van der Waals surface area contributed by atoms with Crippen molar-refractivity contribution in [2.45, 2.75) is 6.92 Å². The second kappa shape index (κ2) is 6.34. The summed E-state index contributed by atoms with van der Waals surface area (Å²) < 4.78 is 27.4. The lowest BCUT2D eigenvalue weighted by molar-refractivity contribution is 0.513. The molecule has 0 aliphatic heterocycles. The molecular weight excluding hydrogens is 336 g/mol. The summed E-state index contributed by atoms with van der Waals surface area (Å²) in [6.07, 6.45) is 2.00. The highest BCUT2D eigenvalue weighted by Crippen LogP contribution is 2.28. The molecule has 3 aromatic rings. The summed E-state index contributed by atoms with van der Waals surface area (Å²) in [4.78, 5) is 4.18. The maximum Gasteiger partial charge on any atom is 0.310 e. The van der Waals surface area contributed by atoms with Gasteiger partial charge in [-0.15, -0.1) is 0 Å². The van der Waals surface area contributed by atoms with Gasteiger partial charge in [-0.3, -0.25) is 0 Å². The average molecular weight is 356 g/mol. The number of nitrogens with zero attached hydrogens (tertiary/aromatic N) is 3. The number of aromatic nitrogens is 2. The van der Waals surface area contributed by atoms with E-state index in [1.54, 1.807) is 6.07 Å². The fraction of sp³-hybridized carbons (Fsp3) is 0.167. The highest BCUT2D eigenvalue weighted by Gasteiger charge is 2.23. The highest BCUT2D eigenvalue weighted by atomic mass is 32.2. The Morgan fingerprint density at radius 3 is 2.40 bits per heavy atom. The second-order valence-corrected chi connectivity index (χ2v) is 7.79. The molecule has 25 heavy (non-hydrogen) atoms. The molecule has 1 aromatic heterocycles. The van der Waals surface area contributed by atoms with Crippen LogP contribution in [0.1, 0.15) is 18.1 Å². The molecular formula is C18H20N4O2S. The first-order chi connectivity index (χ1) is 11.9. The molecule has 0 saturated carbocycles. The van der Waals surface area contributed by atoms with E-state index < -0.39 is 10.2 Å². The first-order valence-corrected chi connectivity index (χ1v) is 9.19. The Balaban J connectivity index is 2.24. The van der Waals surface area contributed by atoms with Gasteiger partial charge in [0, 0.05) is 14.1 Å². The van der Waals surface area contributed by atoms with Gasteiger partial charge in [-0.25, -0.2) is 4.98 Å². The van der Waals surface area contributed by atoms with E-state index in [0.29, 0.717) is 11.0 Å². The van der Waals surface area contributed by atoms with Crippen LogP contribution in [0.25, 0.3) is 16.6 Å². The van der Waals surface area contributed by atoms with Crippen LogP contribution in [0.2, 0.25) is 0 Å². The van der Waals surface area contributed by atoms with Crippen LogP contribution >= 0.6 is 0 Å². The molecule has 6 nitrogen and oxygen atoms in total. The van der Waals surface area contributed by atoms with E-state index in [0.717, 1.165) is 25.0 Å². The summed E-state index contributed by atoms with van der Waals surface area (Å²) >= 11 is 0. The Kier molecular flexibility index (Phi) is 4.36. The molecule has 130 valence electrons. The lowest BCUT2D eigenvalue weighted by Crippen LogP contribution is -2.29. The van der Waals surface area contributed by atoms with Gasteiger partial charge in [0.2, 0.25) is 5.95 Å². The topological polar surface area (TPSA) is 81.2 Å². The number of rotatable bonds is 4. The van der Waals surface area contributed by atoms with E-state index in [2.05, 4.69) is 4.98 Å². The minimum Gasteiger partial charge on any atom is -0.368 e. The molecule has 0 atom stereocenters. The predicted molar refractivity (Wildman–Crippen MR) is 101 cm³/mol. The van der Waals surface area contributed by atoms with Gasteiger partial charge in [0.15, 0.2) is 0 Å². The maximum atomic E-state index is 12.6. The number of nitrogens with two attached hydrogens (primary N) is 1. The third-order valence-electron chi connectivity index (χ3n) is 4.01. The number of hydrogen-bond donors (Lipinski definition) is 1. The normalized spacial score (nSPS) is 12.9. The quantitative estimate of drug-likeness (QED) is 0.779. The fourth-order valence-electron chi connectivity index (χ4n) is 2.76. The van der Waals surface area contributed by atoms with E-state index in [9.17, 15) is 8.42 Å². The summed E-state index contributed by atoms with van der Waals surface area (Å²) in [5.41, 5.74) is 9.84. The van der Waals surface area contributed by atoms with Crippen LogP contribution in [0.5, 0.6) is 0 Å². The smallest absolute Gasteiger partial charge is 0.310 e. The van der Waals surface area contributed by atoms with Crippen LogP contribution in [0.3, 0.4) is 0 Å². The van der Waals surface area contributed by atoms with Gasteiger partial charge in [0.1, 0.15) is 0 Å². The summed E-state index contributed by atoms with van der Waals surface area (Å²) in [6.45, 7) is 1.95. The van der Waals surface area contributed by atoms with Gasteiger partial charge in [-0.05, 0) is 35.8 Å². The van der Waals surface area contributed by atoms with Crippen molar-refractivity contribution in [1.82, 2.24) is 13.3 Å². The Hall–Kier alpha value is -2.64. The summed E-state index contributed by atoms with van der Waals surface area (Å²) in [5.74, 6) is -0.0532. The zero-order valence-electron chi connectivity index (χ0n) is 14.3. The molecule has 0 spiro atoms. The zero-order chi connectivity index (χ0) is 18.2. The molecule has 3 rings (SSSR count). The molecule has 0 radical (unpaired) electrons. The largest absolute Gasteiger partial charge is 0.368 e. The lowest BCUT2D eigenvalue weighted by atomic mass is 9.97. The van der Waals surface area contributed by atoms with Crippen LogP contribution in [0.15, 0.2) is 54.6 Å². The lowest BCUT2D eigenvalue weighted by Gasteiger charge is -2.14. The molecule has 1 heterocycles. The standard InChI is InChI=1S/C18H20N4O2S/c1-4-15(13-8-6-5-7-9-13)14-10-11-16-17(12-14)22(18(19)20-16)25(23,24)21(2)3/h4-12H,1-3H3,(H2,19,20)/b15-4+.